The van der Waals surface area contributed by atoms with Crippen LogP contribution in [0.5, 0.6) is 5.75 Å². The topological polar surface area (TPSA) is 45.1 Å². The number of rotatable bonds is 3. The molecule has 0 amide bonds. The van der Waals surface area contributed by atoms with Crippen LogP contribution in [0.3, 0.4) is 0 Å². The molecule has 4 heteroatoms. The summed E-state index contributed by atoms with van der Waals surface area (Å²) in [4.78, 5) is 4.24. The maximum Gasteiger partial charge on any atom is 0.126 e. The highest BCUT2D eigenvalue weighted by molar-refractivity contribution is 5.85. The Hall–Kier alpha value is -1.74. The highest BCUT2D eigenvalue weighted by Crippen LogP contribution is 2.12. The molecule has 0 radical (unpaired) electrons. The second-order valence-corrected chi connectivity index (χ2v) is 3.74. The van der Waals surface area contributed by atoms with Gasteiger partial charge in [-0.3, -0.25) is 0 Å². The van der Waals surface area contributed by atoms with E-state index in [2.05, 4.69) is 10.3 Å². The van der Waals surface area contributed by atoms with E-state index in [-0.39, 0.29) is 18.2 Å². The lowest BCUT2D eigenvalue weighted by Crippen LogP contribution is -2.00. The van der Waals surface area contributed by atoms with Crippen molar-refractivity contribution in [3.63, 3.8) is 0 Å². The minimum atomic E-state index is 0. The molecule has 0 saturated heterocycles. The molecule has 0 atom stereocenters. The molecule has 90 valence electrons. The molecule has 2 rings (SSSR count). The monoisotopic (exact) mass is 250 g/mol. The van der Waals surface area contributed by atoms with E-state index in [0.717, 1.165) is 16.9 Å². The number of benzene rings is 1. The molecule has 1 heterocycles. The molecule has 3 nitrogen and oxygen atoms in total. The summed E-state index contributed by atoms with van der Waals surface area (Å²) in [5.41, 5.74) is 2.17. The SMILES string of the molecule is Cc1ccc(NCc2cccc(O)c2)nc1.Cl. The van der Waals surface area contributed by atoms with Crippen LogP contribution in [-0.2, 0) is 6.54 Å². The third-order valence-electron chi connectivity index (χ3n) is 2.30. The van der Waals surface area contributed by atoms with Crippen LogP contribution < -0.4 is 5.32 Å². The van der Waals surface area contributed by atoms with Gasteiger partial charge in [0.15, 0.2) is 0 Å². The van der Waals surface area contributed by atoms with Crippen LogP contribution in [-0.4, -0.2) is 10.1 Å². The molecule has 0 aliphatic rings. The predicted molar refractivity (Wildman–Crippen MR) is 71.7 cm³/mol. The zero-order chi connectivity index (χ0) is 11.4. The van der Waals surface area contributed by atoms with E-state index in [1.165, 1.54) is 0 Å². The molecule has 0 aliphatic carbocycles. The van der Waals surface area contributed by atoms with Crippen molar-refractivity contribution in [3.8, 4) is 5.75 Å². The van der Waals surface area contributed by atoms with E-state index in [0.29, 0.717) is 6.54 Å². The number of hydrogen-bond acceptors (Lipinski definition) is 3. The molecule has 17 heavy (non-hydrogen) atoms. The van der Waals surface area contributed by atoms with Gasteiger partial charge in [0.1, 0.15) is 11.6 Å². The highest BCUT2D eigenvalue weighted by atomic mass is 35.5. The maximum absolute atomic E-state index is 9.30. The fourth-order valence-corrected chi connectivity index (χ4v) is 1.43. The van der Waals surface area contributed by atoms with Gasteiger partial charge in [-0.25, -0.2) is 4.98 Å². The van der Waals surface area contributed by atoms with Gasteiger partial charge in [0.05, 0.1) is 0 Å². The van der Waals surface area contributed by atoms with Crippen molar-refractivity contribution >= 4 is 18.2 Å². The third kappa shape index (κ3) is 3.96. The first kappa shape index (κ1) is 13.3. The fourth-order valence-electron chi connectivity index (χ4n) is 1.43. The second-order valence-electron chi connectivity index (χ2n) is 3.74. The number of aromatic hydroxyl groups is 1. The Morgan fingerprint density at radius 1 is 1.24 bits per heavy atom. The number of pyridine rings is 1. The van der Waals surface area contributed by atoms with Crippen LogP contribution in [0, 0.1) is 6.92 Å². The van der Waals surface area contributed by atoms with Gasteiger partial charge in [-0.1, -0.05) is 18.2 Å². The summed E-state index contributed by atoms with van der Waals surface area (Å²) in [6, 6.07) is 11.1. The molecule has 0 aliphatic heterocycles. The predicted octanol–water partition coefficient (Wildman–Crippen LogP) is 3.13. The first-order valence-corrected chi connectivity index (χ1v) is 5.18. The number of halogens is 1. The van der Waals surface area contributed by atoms with Gasteiger partial charge in [-0.05, 0) is 36.2 Å². The van der Waals surface area contributed by atoms with Crippen LogP contribution in [0.25, 0.3) is 0 Å². The first-order chi connectivity index (χ1) is 7.74. The van der Waals surface area contributed by atoms with E-state index in [1.54, 1.807) is 12.1 Å². The molecular formula is C13H15ClN2O. The van der Waals surface area contributed by atoms with Crippen molar-refractivity contribution in [2.24, 2.45) is 0 Å². The number of phenolic OH excluding ortho intramolecular Hbond substituents is 1. The molecule has 0 spiro atoms. The highest BCUT2D eigenvalue weighted by Gasteiger charge is 1.96. The van der Waals surface area contributed by atoms with Gasteiger partial charge in [0.25, 0.3) is 0 Å². The smallest absolute Gasteiger partial charge is 0.126 e. The molecular weight excluding hydrogens is 236 g/mol. The number of phenols is 1. The number of nitrogens with zero attached hydrogens (tertiary/aromatic N) is 1. The summed E-state index contributed by atoms with van der Waals surface area (Å²) in [6.07, 6.45) is 1.82. The Balaban J connectivity index is 0.00000144. The van der Waals surface area contributed by atoms with E-state index in [1.807, 2.05) is 37.4 Å². The van der Waals surface area contributed by atoms with Crippen molar-refractivity contribution in [2.45, 2.75) is 13.5 Å². The number of nitrogens with one attached hydrogen (secondary N) is 1. The zero-order valence-corrected chi connectivity index (χ0v) is 10.4. The lowest BCUT2D eigenvalue weighted by molar-refractivity contribution is 0.474. The molecule has 0 fully saturated rings. The summed E-state index contributed by atoms with van der Waals surface area (Å²) in [7, 11) is 0. The lowest BCUT2D eigenvalue weighted by atomic mass is 10.2. The van der Waals surface area contributed by atoms with Crippen LogP contribution in [0.1, 0.15) is 11.1 Å². The first-order valence-electron chi connectivity index (χ1n) is 5.18. The van der Waals surface area contributed by atoms with Crippen molar-refractivity contribution in [2.75, 3.05) is 5.32 Å². The van der Waals surface area contributed by atoms with Crippen molar-refractivity contribution < 1.29 is 5.11 Å². The average molecular weight is 251 g/mol. The summed E-state index contributed by atoms with van der Waals surface area (Å²) in [5, 5.41) is 12.5. The number of aryl methyl sites for hydroxylation is 1. The Morgan fingerprint density at radius 3 is 2.71 bits per heavy atom. The largest absolute Gasteiger partial charge is 0.508 e. The number of anilines is 1. The van der Waals surface area contributed by atoms with Crippen LogP contribution in [0.4, 0.5) is 5.82 Å². The van der Waals surface area contributed by atoms with Crippen molar-refractivity contribution in [1.82, 2.24) is 4.98 Å². The summed E-state index contributed by atoms with van der Waals surface area (Å²) >= 11 is 0. The fraction of sp³-hybridized carbons (Fsp3) is 0.154. The van der Waals surface area contributed by atoms with Gasteiger partial charge < -0.3 is 10.4 Å². The van der Waals surface area contributed by atoms with Gasteiger partial charge in [0, 0.05) is 12.7 Å². The van der Waals surface area contributed by atoms with Gasteiger partial charge in [0.2, 0.25) is 0 Å². The molecule has 2 aromatic rings. The second kappa shape index (κ2) is 6.11. The average Bonchev–Trinajstić information content (AvgIpc) is 2.28. The molecule has 0 bridgehead atoms. The number of hydrogen-bond donors (Lipinski definition) is 2. The Morgan fingerprint density at radius 2 is 2.06 bits per heavy atom. The van der Waals surface area contributed by atoms with Crippen LogP contribution in [0.15, 0.2) is 42.6 Å². The molecule has 0 unspecified atom stereocenters. The Labute approximate surface area is 107 Å². The van der Waals surface area contributed by atoms with Gasteiger partial charge in [-0.2, -0.15) is 0 Å². The minimum absolute atomic E-state index is 0. The summed E-state index contributed by atoms with van der Waals surface area (Å²) < 4.78 is 0. The van der Waals surface area contributed by atoms with Crippen molar-refractivity contribution in [3.05, 3.63) is 53.7 Å². The van der Waals surface area contributed by atoms with Crippen molar-refractivity contribution in [1.29, 1.82) is 0 Å². The van der Waals surface area contributed by atoms with E-state index < -0.39 is 0 Å². The quantitative estimate of drug-likeness (QED) is 0.880. The third-order valence-corrected chi connectivity index (χ3v) is 2.30. The standard InChI is InChI=1S/C13H14N2O.ClH/c1-10-5-6-13(14-8-10)15-9-11-3-2-4-12(16)7-11;/h2-8,16H,9H2,1H3,(H,14,15);1H. The van der Waals surface area contributed by atoms with Crippen LogP contribution >= 0.6 is 12.4 Å². The Kier molecular flexibility index (Phi) is 4.79. The summed E-state index contributed by atoms with van der Waals surface area (Å²) in [5.74, 6) is 1.13. The zero-order valence-electron chi connectivity index (χ0n) is 9.55. The number of aromatic nitrogens is 1. The molecule has 1 aromatic carbocycles. The normalized spacial score (nSPS) is 9.47. The molecule has 0 saturated carbocycles. The maximum atomic E-state index is 9.30. The Bertz CT molecular complexity index is 471. The van der Waals surface area contributed by atoms with E-state index >= 15 is 0 Å². The summed E-state index contributed by atoms with van der Waals surface area (Å²) in [6.45, 7) is 2.66. The lowest BCUT2D eigenvalue weighted by Gasteiger charge is -2.06. The van der Waals surface area contributed by atoms with E-state index in [9.17, 15) is 5.11 Å². The molecule has 2 N–H and O–H groups in total. The van der Waals surface area contributed by atoms with E-state index in [4.69, 9.17) is 0 Å². The van der Waals surface area contributed by atoms with Gasteiger partial charge in [-0.15, -0.1) is 12.4 Å². The van der Waals surface area contributed by atoms with Gasteiger partial charge >= 0.3 is 0 Å². The van der Waals surface area contributed by atoms with Crippen LogP contribution in [0.2, 0.25) is 0 Å². The molecule has 1 aromatic heterocycles. The minimum Gasteiger partial charge on any atom is -0.508 e.